The van der Waals surface area contributed by atoms with Gasteiger partial charge < -0.3 is 16.2 Å². The van der Waals surface area contributed by atoms with Crippen LogP contribution >= 0.6 is 0 Å². The highest BCUT2D eigenvalue weighted by Crippen LogP contribution is 2.14. The maximum Gasteiger partial charge on any atom is 0.326 e. The van der Waals surface area contributed by atoms with Crippen molar-refractivity contribution in [2.45, 2.75) is 46.6 Å². The molecule has 0 aromatic rings. The van der Waals surface area contributed by atoms with Gasteiger partial charge in [-0.1, -0.05) is 27.7 Å². The number of nitrogens with one attached hydrogen (secondary N) is 1. The average molecular weight is 258 g/mol. The minimum atomic E-state index is -0.994. The maximum atomic E-state index is 11.8. The Morgan fingerprint density at radius 3 is 2.11 bits per heavy atom. The number of aliphatic carboxylic acids is 1. The molecule has 1 unspecified atom stereocenters. The van der Waals surface area contributed by atoms with Crippen molar-refractivity contribution >= 4 is 11.9 Å². The van der Waals surface area contributed by atoms with Crippen LogP contribution in [0.5, 0.6) is 0 Å². The summed E-state index contributed by atoms with van der Waals surface area (Å²) < 4.78 is 0. The molecule has 2 atom stereocenters. The Labute approximate surface area is 109 Å². The molecule has 4 N–H and O–H groups in total. The number of amides is 1. The molecule has 0 aromatic heterocycles. The fourth-order valence-electron chi connectivity index (χ4n) is 1.94. The number of nitrogens with two attached hydrogens (primary N) is 1. The van der Waals surface area contributed by atoms with E-state index in [0.29, 0.717) is 18.9 Å². The van der Waals surface area contributed by atoms with Gasteiger partial charge in [0.25, 0.3) is 0 Å². The Balaban J connectivity index is 4.34. The summed E-state index contributed by atoms with van der Waals surface area (Å²) >= 11 is 0. The molecule has 0 aliphatic heterocycles. The first kappa shape index (κ1) is 16.9. The third kappa shape index (κ3) is 6.59. The predicted molar refractivity (Wildman–Crippen MR) is 71.0 cm³/mol. The topological polar surface area (TPSA) is 92.4 Å². The second-order valence-electron chi connectivity index (χ2n) is 5.56. The summed E-state index contributed by atoms with van der Waals surface area (Å²) in [7, 11) is 0. The molecule has 0 saturated carbocycles. The van der Waals surface area contributed by atoms with Crippen LogP contribution in [0.4, 0.5) is 0 Å². The summed E-state index contributed by atoms with van der Waals surface area (Å²) in [5.41, 5.74) is 5.62. The standard InChI is InChI=1S/C13H26N2O3/c1-8(2)5-10(7-14)6-11(16)15-12(9(3)4)13(17)18/h8-10,12H,5-7,14H2,1-4H3,(H,15,16)(H,17,18)/t10?,12-/m1/s1. The maximum absolute atomic E-state index is 11.8. The summed E-state index contributed by atoms with van der Waals surface area (Å²) in [5.74, 6) is -0.759. The van der Waals surface area contributed by atoms with Gasteiger partial charge in [0.2, 0.25) is 5.91 Å². The van der Waals surface area contributed by atoms with E-state index in [2.05, 4.69) is 19.2 Å². The molecular formula is C13H26N2O3. The zero-order chi connectivity index (χ0) is 14.3. The first-order valence-corrected chi connectivity index (χ1v) is 6.50. The molecule has 0 bridgehead atoms. The minimum Gasteiger partial charge on any atom is -0.480 e. The zero-order valence-corrected chi connectivity index (χ0v) is 11.8. The van der Waals surface area contributed by atoms with E-state index in [1.165, 1.54) is 0 Å². The van der Waals surface area contributed by atoms with Crippen molar-refractivity contribution < 1.29 is 14.7 Å². The van der Waals surface area contributed by atoms with Gasteiger partial charge in [0.05, 0.1) is 0 Å². The van der Waals surface area contributed by atoms with Gasteiger partial charge in [-0.15, -0.1) is 0 Å². The van der Waals surface area contributed by atoms with Crippen LogP contribution in [0, 0.1) is 17.8 Å². The van der Waals surface area contributed by atoms with Crippen LogP contribution in [0.3, 0.4) is 0 Å². The number of carboxylic acid groups (broad SMARTS) is 1. The quantitative estimate of drug-likeness (QED) is 0.610. The predicted octanol–water partition coefficient (Wildman–Crippen LogP) is 1.22. The van der Waals surface area contributed by atoms with Gasteiger partial charge in [0, 0.05) is 6.42 Å². The van der Waals surface area contributed by atoms with Crippen LogP contribution in [0.2, 0.25) is 0 Å². The summed E-state index contributed by atoms with van der Waals surface area (Å²) in [6.07, 6.45) is 1.18. The largest absolute Gasteiger partial charge is 0.480 e. The normalized spacial score (nSPS) is 14.6. The SMILES string of the molecule is CC(C)CC(CN)CC(=O)N[C@@H](C(=O)O)C(C)C. The molecule has 0 saturated heterocycles. The van der Waals surface area contributed by atoms with Crippen LogP contribution in [-0.2, 0) is 9.59 Å². The van der Waals surface area contributed by atoms with E-state index in [1.54, 1.807) is 13.8 Å². The summed E-state index contributed by atoms with van der Waals surface area (Å²) in [6, 6.07) is -0.824. The monoisotopic (exact) mass is 258 g/mol. The fraction of sp³-hybridized carbons (Fsp3) is 0.846. The number of carbonyl (C=O) groups is 2. The van der Waals surface area contributed by atoms with Crippen molar-refractivity contribution in [3.63, 3.8) is 0 Å². The molecule has 0 aliphatic carbocycles. The summed E-state index contributed by atoms with van der Waals surface area (Å²) in [5, 5.41) is 11.5. The van der Waals surface area contributed by atoms with Gasteiger partial charge >= 0.3 is 5.97 Å². The molecule has 0 aromatic carbocycles. The molecule has 106 valence electrons. The van der Waals surface area contributed by atoms with E-state index in [4.69, 9.17) is 10.8 Å². The Hall–Kier alpha value is -1.10. The highest BCUT2D eigenvalue weighted by molar-refractivity contribution is 5.83. The van der Waals surface area contributed by atoms with Gasteiger partial charge in [0.1, 0.15) is 6.04 Å². The van der Waals surface area contributed by atoms with Crippen molar-refractivity contribution in [2.24, 2.45) is 23.5 Å². The van der Waals surface area contributed by atoms with Crippen molar-refractivity contribution in [3.05, 3.63) is 0 Å². The van der Waals surface area contributed by atoms with Crippen LogP contribution < -0.4 is 11.1 Å². The molecule has 1 amide bonds. The van der Waals surface area contributed by atoms with Crippen molar-refractivity contribution in [1.82, 2.24) is 5.32 Å². The summed E-state index contributed by atoms with van der Waals surface area (Å²) in [6.45, 7) is 8.15. The first-order chi connectivity index (χ1) is 8.27. The minimum absolute atomic E-state index is 0.117. The van der Waals surface area contributed by atoms with Gasteiger partial charge in [0.15, 0.2) is 0 Å². The number of hydrogen-bond donors (Lipinski definition) is 3. The Morgan fingerprint density at radius 2 is 1.78 bits per heavy atom. The molecule has 0 rings (SSSR count). The second-order valence-corrected chi connectivity index (χ2v) is 5.56. The number of carbonyl (C=O) groups excluding carboxylic acids is 1. The van der Waals surface area contributed by atoms with E-state index in [-0.39, 0.29) is 17.7 Å². The van der Waals surface area contributed by atoms with E-state index < -0.39 is 12.0 Å². The summed E-state index contributed by atoms with van der Waals surface area (Å²) in [4.78, 5) is 22.8. The molecule has 0 aliphatic rings. The van der Waals surface area contributed by atoms with E-state index in [9.17, 15) is 9.59 Å². The lowest BCUT2D eigenvalue weighted by atomic mass is 9.93. The third-order valence-electron chi connectivity index (χ3n) is 2.86. The molecule has 0 heterocycles. The lowest BCUT2D eigenvalue weighted by molar-refractivity contribution is -0.143. The molecule has 18 heavy (non-hydrogen) atoms. The van der Waals surface area contributed by atoms with Crippen LogP contribution in [-0.4, -0.2) is 29.6 Å². The fourth-order valence-corrected chi connectivity index (χ4v) is 1.94. The van der Waals surface area contributed by atoms with Crippen molar-refractivity contribution in [2.75, 3.05) is 6.54 Å². The lowest BCUT2D eigenvalue weighted by Crippen LogP contribution is -2.45. The van der Waals surface area contributed by atoms with Gasteiger partial charge in [-0.3, -0.25) is 4.79 Å². The lowest BCUT2D eigenvalue weighted by Gasteiger charge is -2.21. The van der Waals surface area contributed by atoms with Crippen LogP contribution in [0.25, 0.3) is 0 Å². The first-order valence-electron chi connectivity index (χ1n) is 6.50. The average Bonchev–Trinajstić information content (AvgIpc) is 2.23. The number of rotatable bonds is 8. The highest BCUT2D eigenvalue weighted by atomic mass is 16.4. The molecule has 0 radical (unpaired) electrons. The Kier molecular flexibility index (Phi) is 7.59. The van der Waals surface area contributed by atoms with Crippen molar-refractivity contribution in [1.29, 1.82) is 0 Å². The zero-order valence-electron chi connectivity index (χ0n) is 11.8. The Bertz CT molecular complexity index is 277. The van der Waals surface area contributed by atoms with E-state index in [1.807, 2.05) is 0 Å². The van der Waals surface area contributed by atoms with Gasteiger partial charge in [-0.05, 0) is 30.7 Å². The number of carboxylic acids is 1. The molecular weight excluding hydrogens is 232 g/mol. The second kappa shape index (κ2) is 8.08. The highest BCUT2D eigenvalue weighted by Gasteiger charge is 2.24. The van der Waals surface area contributed by atoms with Crippen LogP contribution in [0.15, 0.2) is 0 Å². The van der Waals surface area contributed by atoms with E-state index >= 15 is 0 Å². The number of hydrogen-bond acceptors (Lipinski definition) is 3. The van der Waals surface area contributed by atoms with Crippen LogP contribution in [0.1, 0.15) is 40.5 Å². The van der Waals surface area contributed by atoms with Gasteiger partial charge in [-0.25, -0.2) is 4.79 Å². The smallest absolute Gasteiger partial charge is 0.326 e. The third-order valence-corrected chi connectivity index (χ3v) is 2.86. The molecule has 0 fully saturated rings. The molecule has 5 heteroatoms. The van der Waals surface area contributed by atoms with Gasteiger partial charge in [-0.2, -0.15) is 0 Å². The van der Waals surface area contributed by atoms with Crippen molar-refractivity contribution in [3.8, 4) is 0 Å². The van der Waals surface area contributed by atoms with E-state index in [0.717, 1.165) is 6.42 Å². The molecule has 5 nitrogen and oxygen atoms in total. The molecule has 0 spiro atoms. The Morgan fingerprint density at radius 1 is 1.22 bits per heavy atom.